The van der Waals surface area contributed by atoms with Gasteiger partial charge in [0, 0.05) is 6.42 Å². The molecule has 0 aromatic heterocycles. The van der Waals surface area contributed by atoms with Crippen LogP contribution in [0.1, 0.15) is 90.4 Å². The van der Waals surface area contributed by atoms with Crippen LogP contribution in [0.5, 0.6) is 0 Å². The van der Waals surface area contributed by atoms with E-state index in [1.165, 1.54) is 57.8 Å². The van der Waals surface area contributed by atoms with Gasteiger partial charge in [-0.15, -0.1) is 6.58 Å². The summed E-state index contributed by atoms with van der Waals surface area (Å²) in [5, 5.41) is 0. The number of esters is 1. The molecule has 0 atom stereocenters. The first kappa shape index (κ1) is 18.5. The molecule has 0 heterocycles. The van der Waals surface area contributed by atoms with Crippen LogP contribution in [-0.4, -0.2) is 12.1 Å². The van der Waals surface area contributed by atoms with Gasteiger partial charge in [0.2, 0.25) is 0 Å². The lowest BCUT2D eigenvalue weighted by Gasteiger charge is -2.31. The zero-order valence-corrected chi connectivity index (χ0v) is 15.1. The third-order valence-corrected chi connectivity index (χ3v) is 6.17. The fourth-order valence-electron chi connectivity index (χ4n) is 4.40. The molecule has 0 radical (unpaired) electrons. The summed E-state index contributed by atoms with van der Waals surface area (Å²) >= 11 is 0. The Hall–Kier alpha value is -0.790. The number of rotatable bonds is 8. The minimum absolute atomic E-state index is 0.0407. The Bertz CT molecular complexity index is 347. The number of hydrogen-bond donors (Lipinski definition) is 0. The van der Waals surface area contributed by atoms with Crippen LogP contribution in [0.2, 0.25) is 0 Å². The van der Waals surface area contributed by atoms with Gasteiger partial charge >= 0.3 is 5.97 Å². The molecule has 0 bridgehead atoms. The molecule has 132 valence electrons. The molecule has 0 aromatic rings. The van der Waals surface area contributed by atoms with Gasteiger partial charge in [-0.25, -0.2) is 0 Å². The van der Waals surface area contributed by atoms with E-state index in [2.05, 4.69) is 13.5 Å². The van der Waals surface area contributed by atoms with Crippen LogP contribution in [-0.2, 0) is 9.53 Å². The lowest BCUT2D eigenvalue weighted by molar-refractivity contribution is -0.150. The van der Waals surface area contributed by atoms with E-state index in [1.54, 1.807) is 6.08 Å². The fraction of sp³-hybridized carbons (Fsp3) is 0.857. The Morgan fingerprint density at radius 3 is 2.00 bits per heavy atom. The summed E-state index contributed by atoms with van der Waals surface area (Å²) in [6.07, 6.45) is 17.9. The minimum atomic E-state index is -0.0407. The summed E-state index contributed by atoms with van der Waals surface area (Å²) < 4.78 is 5.57. The fourth-order valence-corrected chi connectivity index (χ4v) is 4.40. The Morgan fingerprint density at radius 1 is 0.957 bits per heavy atom. The summed E-state index contributed by atoms with van der Waals surface area (Å²) in [4.78, 5) is 11.7. The molecule has 0 N–H and O–H groups in total. The van der Waals surface area contributed by atoms with Gasteiger partial charge < -0.3 is 4.74 Å². The quantitative estimate of drug-likeness (QED) is 0.402. The van der Waals surface area contributed by atoms with E-state index >= 15 is 0 Å². The van der Waals surface area contributed by atoms with Gasteiger partial charge in [0.05, 0.1) is 0 Å². The monoisotopic (exact) mass is 320 g/mol. The predicted molar refractivity (Wildman–Crippen MR) is 96.2 cm³/mol. The van der Waals surface area contributed by atoms with Gasteiger partial charge in [-0.1, -0.05) is 57.9 Å². The number of carbonyl (C=O) groups excluding carboxylic acids is 1. The molecule has 2 rings (SSSR count). The zero-order chi connectivity index (χ0) is 16.5. The lowest BCUT2D eigenvalue weighted by Crippen LogP contribution is -2.25. The first-order valence-corrected chi connectivity index (χ1v) is 10.0. The summed E-state index contributed by atoms with van der Waals surface area (Å²) in [6.45, 7) is 5.99. The van der Waals surface area contributed by atoms with Crippen molar-refractivity contribution < 1.29 is 9.53 Å². The molecule has 23 heavy (non-hydrogen) atoms. The Balaban J connectivity index is 1.56. The highest BCUT2D eigenvalue weighted by molar-refractivity contribution is 5.69. The van der Waals surface area contributed by atoms with Crippen molar-refractivity contribution in [2.45, 2.75) is 96.5 Å². The average molecular weight is 321 g/mol. The molecule has 0 aliphatic heterocycles. The smallest absolute Gasteiger partial charge is 0.306 e. The zero-order valence-electron chi connectivity index (χ0n) is 15.1. The molecule has 2 nitrogen and oxygen atoms in total. The van der Waals surface area contributed by atoms with Gasteiger partial charge in [0.15, 0.2) is 0 Å². The highest BCUT2D eigenvalue weighted by atomic mass is 16.5. The van der Waals surface area contributed by atoms with Crippen LogP contribution >= 0.6 is 0 Å². The average Bonchev–Trinajstić information content (AvgIpc) is 2.60. The molecule has 2 aliphatic carbocycles. The molecular formula is C21H36O2. The van der Waals surface area contributed by atoms with Gasteiger partial charge in [0.1, 0.15) is 6.10 Å². The largest absolute Gasteiger partial charge is 0.462 e. The van der Waals surface area contributed by atoms with Crippen LogP contribution in [0, 0.1) is 17.8 Å². The van der Waals surface area contributed by atoms with E-state index in [0.29, 0.717) is 6.42 Å². The summed E-state index contributed by atoms with van der Waals surface area (Å²) in [5.41, 5.74) is 0. The first-order chi connectivity index (χ1) is 11.2. The Kier molecular flexibility index (Phi) is 8.19. The van der Waals surface area contributed by atoms with Crippen molar-refractivity contribution in [3.05, 3.63) is 12.7 Å². The topological polar surface area (TPSA) is 26.3 Å². The van der Waals surface area contributed by atoms with Crippen LogP contribution in [0.4, 0.5) is 0 Å². The highest BCUT2D eigenvalue weighted by Crippen LogP contribution is 2.36. The van der Waals surface area contributed by atoms with Gasteiger partial charge in [-0.2, -0.15) is 0 Å². The van der Waals surface area contributed by atoms with E-state index in [0.717, 1.165) is 37.0 Å². The van der Waals surface area contributed by atoms with E-state index < -0.39 is 0 Å². The van der Waals surface area contributed by atoms with Crippen molar-refractivity contribution in [2.24, 2.45) is 17.8 Å². The number of hydrogen-bond acceptors (Lipinski definition) is 2. The molecule has 0 aromatic carbocycles. The van der Waals surface area contributed by atoms with Crippen molar-refractivity contribution in [2.75, 3.05) is 0 Å². The SMILES string of the molecule is C=CCCC(=O)O[C@H]1CC[C@H](CC[C@H]2CC[C@H](CC)CC2)CC1. The number of carbonyl (C=O) groups is 1. The predicted octanol–water partition coefficient (Wildman–Crippen LogP) is 6.05. The molecule has 2 fully saturated rings. The molecule has 2 aliphatic rings. The van der Waals surface area contributed by atoms with Crippen molar-refractivity contribution in [1.29, 1.82) is 0 Å². The Labute approximate surface area is 143 Å². The van der Waals surface area contributed by atoms with Crippen molar-refractivity contribution in [3.8, 4) is 0 Å². The van der Waals surface area contributed by atoms with Gasteiger partial charge in [-0.05, 0) is 49.9 Å². The molecule has 2 heteroatoms. The summed E-state index contributed by atoms with van der Waals surface area (Å²) in [6, 6.07) is 0. The van der Waals surface area contributed by atoms with Crippen molar-refractivity contribution in [1.82, 2.24) is 0 Å². The number of allylic oxidation sites excluding steroid dienone is 1. The van der Waals surface area contributed by atoms with E-state index in [9.17, 15) is 4.79 Å². The van der Waals surface area contributed by atoms with Gasteiger partial charge in [-0.3, -0.25) is 4.79 Å². The lowest BCUT2D eigenvalue weighted by atomic mass is 9.76. The maximum Gasteiger partial charge on any atom is 0.306 e. The van der Waals surface area contributed by atoms with Gasteiger partial charge in [0.25, 0.3) is 0 Å². The minimum Gasteiger partial charge on any atom is -0.462 e. The molecule has 0 unspecified atom stereocenters. The Morgan fingerprint density at radius 2 is 1.48 bits per heavy atom. The van der Waals surface area contributed by atoms with E-state index in [4.69, 9.17) is 4.74 Å². The first-order valence-electron chi connectivity index (χ1n) is 10.0. The van der Waals surface area contributed by atoms with Crippen molar-refractivity contribution >= 4 is 5.97 Å². The second-order valence-electron chi connectivity index (χ2n) is 7.83. The summed E-state index contributed by atoms with van der Waals surface area (Å²) in [5.74, 6) is 2.84. The molecule has 0 spiro atoms. The van der Waals surface area contributed by atoms with Crippen molar-refractivity contribution in [3.63, 3.8) is 0 Å². The van der Waals surface area contributed by atoms with Crippen LogP contribution in [0.3, 0.4) is 0 Å². The second-order valence-corrected chi connectivity index (χ2v) is 7.83. The second kappa shape index (κ2) is 10.2. The standard InChI is InChI=1S/C21H36O2/c1-3-5-6-21(22)23-20-15-13-19(14-16-20)12-11-18-9-7-17(4-2)8-10-18/h3,17-20H,1,4-16H2,2H3/t17-,18-,19-,20-. The van der Waals surface area contributed by atoms with E-state index in [1.807, 2.05) is 0 Å². The van der Waals surface area contributed by atoms with Crippen LogP contribution < -0.4 is 0 Å². The third-order valence-electron chi connectivity index (χ3n) is 6.17. The molecule has 0 saturated heterocycles. The highest BCUT2D eigenvalue weighted by Gasteiger charge is 2.25. The normalized spacial score (nSPS) is 31.5. The maximum absolute atomic E-state index is 11.7. The molecule has 2 saturated carbocycles. The molecule has 0 amide bonds. The maximum atomic E-state index is 11.7. The van der Waals surface area contributed by atoms with Crippen LogP contribution in [0.25, 0.3) is 0 Å². The van der Waals surface area contributed by atoms with E-state index in [-0.39, 0.29) is 12.1 Å². The molecular weight excluding hydrogens is 284 g/mol. The summed E-state index contributed by atoms with van der Waals surface area (Å²) in [7, 11) is 0. The third kappa shape index (κ3) is 6.69. The number of ether oxygens (including phenoxy) is 1. The van der Waals surface area contributed by atoms with Crippen LogP contribution in [0.15, 0.2) is 12.7 Å².